The number of rotatable bonds is 10. The smallest absolute Gasteiger partial charge is 0.325 e. The molecule has 1 unspecified atom stereocenters. The summed E-state index contributed by atoms with van der Waals surface area (Å²) in [6.07, 6.45) is 7.65. The second-order valence-corrected chi connectivity index (χ2v) is 7.87. The fourth-order valence-electron chi connectivity index (χ4n) is 1.51. The van der Waals surface area contributed by atoms with E-state index in [0.717, 1.165) is 49.0 Å². The molecule has 9 heteroatoms. The number of aliphatic carboxylic acids is 2. The van der Waals surface area contributed by atoms with Crippen LogP contribution in [0.2, 0.25) is 0.515 Å². The molecule has 0 aromatic carbocycles. The van der Waals surface area contributed by atoms with Crippen LogP contribution >= 0.6 is 0 Å². The van der Waals surface area contributed by atoms with E-state index in [1.165, 1.54) is 38.5 Å². The monoisotopic (exact) mass is 350 g/mol. The Morgan fingerprint density at radius 3 is 1.81 bits per heavy atom. The van der Waals surface area contributed by atoms with Crippen LogP contribution < -0.4 is 0 Å². The summed E-state index contributed by atoms with van der Waals surface area (Å²) in [5, 5.41) is 13.9. The topological polar surface area (TPSA) is 129 Å². The van der Waals surface area contributed by atoms with E-state index in [4.69, 9.17) is 14.8 Å². The van der Waals surface area contributed by atoms with Crippen LogP contribution in [0.5, 0.6) is 0 Å². The molecule has 0 aromatic rings. The maximum atomic E-state index is 10.2. The Kier molecular flexibility index (Phi) is 15.9. The summed E-state index contributed by atoms with van der Waals surface area (Å²) in [7, 11) is -4.84. The predicted octanol–water partition coefficient (Wildman–Crippen LogP) is 1.74. The number of hydrogen-bond acceptors (Lipinski definition) is 4. The molecule has 0 aliphatic rings. The van der Waals surface area contributed by atoms with E-state index in [9.17, 15) is 18.0 Å². The van der Waals surface area contributed by atoms with Crippen molar-refractivity contribution in [2.45, 2.75) is 57.6 Å². The van der Waals surface area contributed by atoms with Gasteiger partial charge in [-0.05, 0) is 0 Å². The third-order valence-electron chi connectivity index (χ3n) is 2.70. The average molecular weight is 350 g/mol. The van der Waals surface area contributed by atoms with Crippen molar-refractivity contribution in [1.29, 1.82) is 0 Å². The van der Waals surface area contributed by atoms with Crippen molar-refractivity contribution in [3.8, 4) is 0 Å². The van der Waals surface area contributed by atoms with Crippen LogP contribution in [0.15, 0.2) is 0 Å². The molecule has 0 amide bonds. The maximum absolute atomic E-state index is 10.2. The quantitative estimate of drug-likeness (QED) is 0.311. The van der Waals surface area contributed by atoms with Gasteiger partial charge in [-0.2, -0.15) is 8.42 Å². The fraction of sp³-hybridized carbons (Fsp3) is 0.833. The molecule has 7 nitrogen and oxygen atoms in total. The van der Waals surface area contributed by atoms with Crippen molar-refractivity contribution in [2.75, 3.05) is 0 Å². The number of unbranched alkanes of at least 4 members (excludes halogenated alkanes) is 5. The SMILES string of the molecule is CCCCCCC[CH2][K].O=C(O)CC(C(=O)O)S(=O)(=O)O. The Bertz CT molecular complexity index is 388. The maximum Gasteiger partial charge on any atom is 0.325 e. The summed E-state index contributed by atoms with van der Waals surface area (Å²) >= 11 is 1.11. The standard InChI is InChI=1S/C8H17.C4H6O7S.K/c1-3-5-7-8-6-4-2;5-3(6)1-2(4(7)8)12(9,10)11;/h1,3-8H2,2H3;2H,1H2,(H,5,6)(H,7,8)(H,9,10,11);. The van der Waals surface area contributed by atoms with E-state index in [0.29, 0.717) is 0 Å². The Labute approximate surface area is 159 Å². The molecule has 1 atom stereocenters. The van der Waals surface area contributed by atoms with Crippen LogP contribution in [-0.4, -0.2) is 89.3 Å². The normalized spacial score (nSPS) is 12.2. The summed E-state index contributed by atoms with van der Waals surface area (Å²) in [4.78, 5) is 20.0. The minimum absolute atomic E-state index is 1.11. The van der Waals surface area contributed by atoms with E-state index >= 15 is 0 Å². The predicted molar refractivity (Wildman–Crippen MR) is 79.2 cm³/mol. The minimum Gasteiger partial charge on any atom is -0.481 e. The molecule has 21 heavy (non-hydrogen) atoms. The van der Waals surface area contributed by atoms with Gasteiger partial charge in [0.05, 0.1) is 6.42 Å². The Hall–Kier alpha value is 0.486. The zero-order valence-electron chi connectivity index (χ0n) is 12.6. The molecule has 120 valence electrons. The van der Waals surface area contributed by atoms with Gasteiger partial charge in [0.25, 0.3) is 10.1 Å². The summed E-state index contributed by atoms with van der Waals surface area (Å²) in [6, 6.07) is 0. The first-order chi connectivity index (χ1) is 9.66. The molecule has 0 radical (unpaired) electrons. The molecule has 0 bridgehead atoms. The van der Waals surface area contributed by atoms with Gasteiger partial charge in [-0.3, -0.25) is 14.1 Å². The van der Waals surface area contributed by atoms with Crippen LogP contribution in [0.1, 0.15) is 51.9 Å². The molecule has 0 aliphatic heterocycles. The number of hydrogen-bond donors (Lipinski definition) is 3. The molecule has 0 saturated heterocycles. The summed E-state index contributed by atoms with van der Waals surface area (Å²) in [5.41, 5.74) is 0. The molecule has 0 rings (SSSR count). The van der Waals surface area contributed by atoms with Crippen molar-refractivity contribution in [1.82, 2.24) is 0 Å². The van der Waals surface area contributed by atoms with Gasteiger partial charge in [-0.25, -0.2) is 0 Å². The van der Waals surface area contributed by atoms with E-state index in [-0.39, 0.29) is 0 Å². The summed E-state index contributed by atoms with van der Waals surface area (Å²) in [5.74, 6) is -3.50. The molecular formula is C12H23KO7S. The largest absolute Gasteiger partial charge is 0.481 e. The summed E-state index contributed by atoms with van der Waals surface area (Å²) in [6.45, 7) is 2.27. The third-order valence-corrected chi connectivity index (χ3v) is 4.89. The number of carbonyl (C=O) groups is 2. The molecule has 3 N–H and O–H groups in total. The van der Waals surface area contributed by atoms with Crippen LogP contribution in [0.4, 0.5) is 0 Å². The first kappa shape index (κ1) is 23.7. The summed E-state index contributed by atoms with van der Waals surface area (Å²) < 4.78 is 30.2. The number of carboxylic acids is 2. The van der Waals surface area contributed by atoms with E-state index in [1.54, 1.807) is 0.515 Å². The molecule has 0 saturated carbocycles. The minimum atomic E-state index is -4.84. The van der Waals surface area contributed by atoms with E-state index in [1.807, 2.05) is 0 Å². The fourth-order valence-corrected chi connectivity index (χ4v) is 2.90. The van der Waals surface area contributed by atoms with Crippen LogP contribution in [-0.2, 0) is 19.7 Å². The Balaban J connectivity index is 0. The van der Waals surface area contributed by atoms with Gasteiger partial charge in [-0.1, -0.05) is 0 Å². The Morgan fingerprint density at radius 2 is 1.52 bits per heavy atom. The molecule has 0 spiro atoms. The van der Waals surface area contributed by atoms with Crippen molar-refractivity contribution < 1.29 is 32.8 Å². The van der Waals surface area contributed by atoms with Crippen LogP contribution in [0, 0.1) is 0 Å². The Morgan fingerprint density at radius 1 is 1.05 bits per heavy atom. The van der Waals surface area contributed by atoms with Crippen LogP contribution in [0.25, 0.3) is 0 Å². The van der Waals surface area contributed by atoms with Gasteiger partial charge in [0, 0.05) is 0 Å². The van der Waals surface area contributed by atoms with Gasteiger partial charge < -0.3 is 10.2 Å². The molecular weight excluding hydrogens is 327 g/mol. The first-order valence-electron chi connectivity index (χ1n) is 7.07. The van der Waals surface area contributed by atoms with Crippen molar-refractivity contribution in [2.24, 2.45) is 0 Å². The first-order valence-corrected chi connectivity index (χ1v) is 10.8. The average Bonchev–Trinajstić information content (AvgIpc) is 2.35. The number of carboxylic acid groups (broad SMARTS) is 2. The molecule has 0 aromatic heterocycles. The van der Waals surface area contributed by atoms with Gasteiger partial charge >= 0.3 is 107 Å². The molecule has 0 aliphatic carbocycles. The van der Waals surface area contributed by atoms with E-state index < -0.39 is 33.7 Å². The van der Waals surface area contributed by atoms with Crippen LogP contribution in [0.3, 0.4) is 0 Å². The third kappa shape index (κ3) is 16.7. The van der Waals surface area contributed by atoms with Crippen molar-refractivity contribution in [3.63, 3.8) is 0 Å². The van der Waals surface area contributed by atoms with E-state index in [2.05, 4.69) is 6.92 Å². The van der Waals surface area contributed by atoms with Crippen molar-refractivity contribution >= 4 is 71.0 Å². The van der Waals surface area contributed by atoms with Gasteiger partial charge in [0.2, 0.25) is 0 Å². The molecule has 0 fully saturated rings. The molecule has 0 heterocycles. The van der Waals surface area contributed by atoms with Gasteiger partial charge in [0.1, 0.15) is 0 Å². The second kappa shape index (κ2) is 14.1. The zero-order chi connectivity index (χ0) is 16.9. The second-order valence-electron chi connectivity index (χ2n) is 4.71. The van der Waals surface area contributed by atoms with Crippen molar-refractivity contribution in [3.05, 3.63) is 0 Å². The van der Waals surface area contributed by atoms with Gasteiger partial charge in [-0.15, -0.1) is 0 Å². The zero-order valence-corrected chi connectivity index (χ0v) is 16.6. The van der Waals surface area contributed by atoms with Gasteiger partial charge in [0.15, 0.2) is 5.25 Å².